The third-order valence-electron chi connectivity index (χ3n) is 1.88. The minimum absolute atomic E-state index is 0.754. The van der Waals surface area contributed by atoms with Gasteiger partial charge in [0.1, 0.15) is 4.60 Å². The van der Waals surface area contributed by atoms with Crippen molar-refractivity contribution in [1.82, 2.24) is 9.79 Å². The van der Waals surface area contributed by atoms with Crippen LogP contribution in [0.1, 0.15) is 5.69 Å². The lowest BCUT2D eigenvalue weighted by Crippen LogP contribution is -2.24. The summed E-state index contributed by atoms with van der Waals surface area (Å²) >= 11 is 3.35. The second kappa shape index (κ2) is 6.16. The Kier molecular flexibility index (Phi) is 5.15. The molecule has 1 heterocycles. The first-order valence-electron chi connectivity index (χ1n) is 4.51. The first-order valence-corrected chi connectivity index (χ1v) is 5.30. The van der Waals surface area contributed by atoms with E-state index < -0.39 is 0 Å². The monoisotopic (exact) mass is 256 g/mol. The topological polar surface area (TPSA) is 25.4 Å². The van der Waals surface area contributed by atoms with Gasteiger partial charge in [-0.15, -0.1) is 0 Å². The highest BCUT2D eigenvalue weighted by molar-refractivity contribution is 9.10. The van der Waals surface area contributed by atoms with Crippen molar-refractivity contribution in [3.05, 3.63) is 28.5 Å². The molecule has 0 amide bonds. The fraction of sp³-hybridized carbons (Fsp3) is 0.444. The second-order valence-electron chi connectivity index (χ2n) is 3.18. The standard InChI is InChI=1S/C9H14BBrN2O/c1-14-6-5-13(10)7-8-3-2-4-9(11)12-8/h2-4H,5-7,10H2,1H3. The highest BCUT2D eigenvalue weighted by Gasteiger charge is 2.00. The highest BCUT2D eigenvalue weighted by atomic mass is 79.9. The SMILES string of the molecule is BN(CCOC)Cc1cccc(Br)n1. The fourth-order valence-electron chi connectivity index (χ4n) is 1.14. The van der Waals surface area contributed by atoms with Crippen LogP contribution in [0.3, 0.4) is 0 Å². The summed E-state index contributed by atoms with van der Waals surface area (Å²) in [7, 11) is 3.77. The number of rotatable bonds is 5. The largest absolute Gasteiger partial charge is 0.383 e. The van der Waals surface area contributed by atoms with Crippen molar-refractivity contribution in [2.75, 3.05) is 20.3 Å². The van der Waals surface area contributed by atoms with E-state index in [0.717, 1.165) is 30.0 Å². The Morgan fingerprint density at radius 1 is 1.57 bits per heavy atom. The van der Waals surface area contributed by atoms with Gasteiger partial charge in [-0.1, -0.05) is 6.07 Å². The van der Waals surface area contributed by atoms with Gasteiger partial charge in [-0.25, -0.2) is 4.98 Å². The van der Waals surface area contributed by atoms with Crippen molar-refractivity contribution < 1.29 is 4.74 Å². The Balaban J connectivity index is 2.43. The van der Waals surface area contributed by atoms with Crippen LogP contribution in [0.2, 0.25) is 0 Å². The van der Waals surface area contributed by atoms with Gasteiger partial charge in [0.2, 0.25) is 0 Å². The molecule has 0 saturated carbocycles. The van der Waals surface area contributed by atoms with Crippen molar-refractivity contribution in [2.24, 2.45) is 0 Å². The number of pyridine rings is 1. The van der Waals surface area contributed by atoms with Gasteiger partial charge in [0.15, 0.2) is 7.98 Å². The molecule has 0 aliphatic rings. The Bertz CT molecular complexity index is 285. The van der Waals surface area contributed by atoms with Crippen molar-refractivity contribution >= 4 is 23.9 Å². The third-order valence-corrected chi connectivity index (χ3v) is 2.32. The Hall–Kier alpha value is -0.385. The van der Waals surface area contributed by atoms with Gasteiger partial charge in [-0.2, -0.15) is 0 Å². The minimum atomic E-state index is 0.754. The van der Waals surface area contributed by atoms with E-state index in [1.54, 1.807) is 7.11 Å². The molecule has 0 aliphatic carbocycles. The molecule has 0 spiro atoms. The summed E-state index contributed by atoms with van der Waals surface area (Å²) in [5.41, 5.74) is 1.07. The molecule has 1 aromatic heterocycles. The molecular weight excluding hydrogens is 243 g/mol. The normalized spacial score (nSPS) is 10.8. The van der Waals surface area contributed by atoms with Gasteiger partial charge in [0, 0.05) is 20.2 Å². The van der Waals surface area contributed by atoms with E-state index in [1.807, 2.05) is 18.2 Å². The molecule has 0 saturated heterocycles. The molecule has 1 rings (SSSR count). The zero-order valence-electron chi connectivity index (χ0n) is 8.53. The van der Waals surface area contributed by atoms with Crippen LogP contribution in [0.25, 0.3) is 0 Å². The van der Waals surface area contributed by atoms with Crippen LogP contribution in [0.5, 0.6) is 0 Å². The van der Waals surface area contributed by atoms with Crippen LogP contribution < -0.4 is 0 Å². The van der Waals surface area contributed by atoms with Gasteiger partial charge < -0.3 is 9.55 Å². The minimum Gasteiger partial charge on any atom is -0.383 e. The molecule has 0 bridgehead atoms. The molecule has 0 atom stereocenters. The summed E-state index contributed by atoms with van der Waals surface area (Å²) < 4.78 is 5.89. The summed E-state index contributed by atoms with van der Waals surface area (Å²) in [4.78, 5) is 6.53. The second-order valence-corrected chi connectivity index (χ2v) is 3.99. The van der Waals surface area contributed by atoms with Crippen LogP contribution in [0.4, 0.5) is 0 Å². The van der Waals surface area contributed by atoms with Crippen molar-refractivity contribution in [2.45, 2.75) is 6.54 Å². The number of hydrogen-bond donors (Lipinski definition) is 0. The number of nitrogens with zero attached hydrogens (tertiary/aromatic N) is 2. The van der Waals surface area contributed by atoms with Crippen molar-refractivity contribution in [1.29, 1.82) is 0 Å². The predicted molar refractivity (Wildman–Crippen MR) is 62.8 cm³/mol. The van der Waals surface area contributed by atoms with E-state index in [9.17, 15) is 0 Å². The molecule has 76 valence electrons. The Labute approximate surface area is 94.0 Å². The smallest absolute Gasteiger partial charge is 0.186 e. The van der Waals surface area contributed by atoms with E-state index in [1.165, 1.54) is 0 Å². The lowest BCUT2D eigenvalue weighted by atomic mass is 10.2. The maximum absolute atomic E-state index is 5.00. The average Bonchev–Trinajstić information content (AvgIpc) is 2.15. The van der Waals surface area contributed by atoms with Gasteiger partial charge in [-0.05, 0) is 28.1 Å². The average molecular weight is 257 g/mol. The van der Waals surface area contributed by atoms with Gasteiger partial charge in [-0.3, -0.25) is 0 Å². The molecule has 5 heteroatoms. The van der Waals surface area contributed by atoms with Crippen molar-refractivity contribution in [3.8, 4) is 0 Å². The lowest BCUT2D eigenvalue weighted by Gasteiger charge is -2.15. The lowest BCUT2D eigenvalue weighted by molar-refractivity contribution is 0.178. The fourth-order valence-corrected chi connectivity index (χ4v) is 1.52. The van der Waals surface area contributed by atoms with Crippen LogP contribution >= 0.6 is 15.9 Å². The molecule has 1 aromatic rings. The summed E-state index contributed by atoms with van der Waals surface area (Å²) in [5, 5.41) is 0. The molecule has 0 unspecified atom stereocenters. The number of hydrogen-bond acceptors (Lipinski definition) is 3. The highest BCUT2D eigenvalue weighted by Crippen LogP contribution is 2.07. The maximum atomic E-state index is 5.00. The summed E-state index contributed by atoms with van der Waals surface area (Å²) in [6.45, 7) is 2.53. The first-order chi connectivity index (χ1) is 6.72. The van der Waals surface area contributed by atoms with Crippen LogP contribution in [0, 0.1) is 0 Å². The van der Waals surface area contributed by atoms with Crippen LogP contribution in [-0.4, -0.2) is 38.0 Å². The molecule has 14 heavy (non-hydrogen) atoms. The molecule has 0 aromatic carbocycles. The Morgan fingerprint density at radius 3 is 3.00 bits per heavy atom. The molecule has 0 aliphatic heterocycles. The van der Waals surface area contributed by atoms with E-state index in [-0.39, 0.29) is 0 Å². The predicted octanol–water partition coefficient (Wildman–Crippen LogP) is 0.841. The first kappa shape index (κ1) is 11.7. The van der Waals surface area contributed by atoms with Crippen LogP contribution in [-0.2, 0) is 11.3 Å². The van der Waals surface area contributed by atoms with E-state index >= 15 is 0 Å². The molecule has 3 nitrogen and oxygen atoms in total. The number of ether oxygens (including phenoxy) is 1. The van der Waals surface area contributed by atoms with Crippen molar-refractivity contribution in [3.63, 3.8) is 0 Å². The zero-order chi connectivity index (χ0) is 10.4. The number of halogens is 1. The molecule has 0 fully saturated rings. The van der Waals surface area contributed by atoms with Gasteiger partial charge >= 0.3 is 0 Å². The quantitative estimate of drug-likeness (QED) is 0.577. The molecule has 0 radical (unpaired) electrons. The third kappa shape index (κ3) is 4.22. The summed E-state index contributed by atoms with van der Waals surface area (Å²) in [6, 6.07) is 5.95. The number of methoxy groups -OCH3 is 1. The van der Waals surface area contributed by atoms with Gasteiger partial charge in [0.05, 0.1) is 12.3 Å². The van der Waals surface area contributed by atoms with E-state index in [0.29, 0.717) is 0 Å². The van der Waals surface area contributed by atoms with E-state index in [4.69, 9.17) is 4.74 Å². The van der Waals surface area contributed by atoms with Gasteiger partial charge in [0.25, 0.3) is 0 Å². The Morgan fingerprint density at radius 2 is 2.36 bits per heavy atom. The zero-order valence-corrected chi connectivity index (χ0v) is 10.1. The summed E-state index contributed by atoms with van der Waals surface area (Å²) in [5.74, 6) is 0. The number of aromatic nitrogens is 1. The van der Waals surface area contributed by atoms with E-state index in [2.05, 4.69) is 33.7 Å². The molecular formula is C9H14BBrN2O. The maximum Gasteiger partial charge on any atom is 0.186 e. The van der Waals surface area contributed by atoms with Crippen LogP contribution in [0.15, 0.2) is 22.8 Å². The summed E-state index contributed by atoms with van der Waals surface area (Å²) in [6.07, 6.45) is 0. The molecule has 0 N–H and O–H groups in total.